The number of carbonyl (C=O) groups is 1. The molecule has 1 N–H and O–H groups in total. The highest BCUT2D eigenvalue weighted by Crippen LogP contribution is 2.44. The largest absolute Gasteiger partial charge is 0.481 e. The number of benzene rings is 1. The zero-order valence-electron chi connectivity index (χ0n) is 11.8. The molecular weight excluding hydrogens is 238 g/mol. The summed E-state index contributed by atoms with van der Waals surface area (Å²) < 4.78 is 0. The van der Waals surface area contributed by atoms with Gasteiger partial charge >= 0.3 is 5.97 Å². The average molecular weight is 261 g/mol. The Labute approximate surface area is 115 Å². The minimum absolute atomic E-state index is 0.169. The second-order valence-electron chi connectivity index (χ2n) is 5.51. The molecule has 19 heavy (non-hydrogen) atoms. The molecular formula is C16H23NO2. The van der Waals surface area contributed by atoms with Crippen LogP contribution in [0.2, 0.25) is 0 Å². The van der Waals surface area contributed by atoms with E-state index in [-0.39, 0.29) is 12.3 Å². The van der Waals surface area contributed by atoms with E-state index in [0.29, 0.717) is 6.04 Å². The predicted octanol–water partition coefficient (Wildman–Crippen LogP) is 3.42. The third-order valence-electron chi connectivity index (χ3n) is 4.12. The first-order valence-electron chi connectivity index (χ1n) is 7.14. The van der Waals surface area contributed by atoms with Crippen LogP contribution in [0.3, 0.4) is 0 Å². The zero-order chi connectivity index (χ0) is 13.8. The van der Waals surface area contributed by atoms with E-state index < -0.39 is 5.97 Å². The molecule has 0 aromatic heterocycles. The van der Waals surface area contributed by atoms with Crippen LogP contribution in [-0.4, -0.2) is 29.6 Å². The van der Waals surface area contributed by atoms with E-state index in [0.717, 1.165) is 13.0 Å². The number of nitrogens with zero attached hydrogens (tertiary/aromatic N) is 1. The molecule has 3 nitrogen and oxygen atoms in total. The molecule has 0 spiro atoms. The van der Waals surface area contributed by atoms with Gasteiger partial charge in [-0.25, -0.2) is 0 Å². The van der Waals surface area contributed by atoms with E-state index >= 15 is 0 Å². The number of hydrogen-bond donors (Lipinski definition) is 1. The lowest BCUT2D eigenvalue weighted by molar-refractivity contribution is -0.137. The second kappa shape index (κ2) is 6.20. The quantitative estimate of drug-likeness (QED) is 0.853. The number of hydrogen-bond acceptors (Lipinski definition) is 2. The van der Waals surface area contributed by atoms with Crippen LogP contribution >= 0.6 is 0 Å². The van der Waals surface area contributed by atoms with Crippen LogP contribution in [0.4, 0.5) is 0 Å². The molecule has 0 aliphatic heterocycles. The van der Waals surface area contributed by atoms with E-state index in [1.807, 2.05) is 6.07 Å². The Balaban J connectivity index is 2.17. The van der Waals surface area contributed by atoms with Crippen LogP contribution in [-0.2, 0) is 4.79 Å². The monoisotopic (exact) mass is 261 g/mol. The van der Waals surface area contributed by atoms with Crippen LogP contribution in [0, 0.1) is 0 Å². The molecule has 0 saturated heterocycles. The standard InChI is InChI=1S/C16H23NO2/c1-3-4-9-17(2)15-10-12(11-16(18)19)13-7-5-6-8-14(13)15/h5-8,12,15H,3-4,9-11H2,1-2H3,(H,18,19). The zero-order valence-corrected chi connectivity index (χ0v) is 11.8. The third kappa shape index (κ3) is 3.16. The van der Waals surface area contributed by atoms with Gasteiger partial charge in [-0.05, 0) is 43.5 Å². The summed E-state index contributed by atoms with van der Waals surface area (Å²) in [6.07, 6.45) is 3.57. The van der Waals surface area contributed by atoms with Gasteiger partial charge in [0, 0.05) is 6.04 Å². The van der Waals surface area contributed by atoms with E-state index in [1.54, 1.807) is 0 Å². The van der Waals surface area contributed by atoms with Crippen LogP contribution in [0.5, 0.6) is 0 Å². The summed E-state index contributed by atoms with van der Waals surface area (Å²) in [5, 5.41) is 9.05. The predicted molar refractivity (Wildman–Crippen MR) is 76.3 cm³/mol. The fraction of sp³-hybridized carbons (Fsp3) is 0.562. The van der Waals surface area contributed by atoms with Gasteiger partial charge in [0.2, 0.25) is 0 Å². The molecule has 0 amide bonds. The number of fused-ring (bicyclic) bond motifs is 1. The fourth-order valence-electron chi connectivity index (χ4n) is 3.09. The molecule has 2 unspecified atom stereocenters. The van der Waals surface area contributed by atoms with Crippen molar-refractivity contribution < 1.29 is 9.90 Å². The molecule has 0 radical (unpaired) electrons. The maximum Gasteiger partial charge on any atom is 0.303 e. The molecule has 0 bridgehead atoms. The van der Waals surface area contributed by atoms with Gasteiger partial charge in [0.15, 0.2) is 0 Å². The van der Waals surface area contributed by atoms with Crippen molar-refractivity contribution in [3.8, 4) is 0 Å². The van der Waals surface area contributed by atoms with Gasteiger partial charge < -0.3 is 5.11 Å². The molecule has 1 aromatic carbocycles. The van der Waals surface area contributed by atoms with E-state index in [9.17, 15) is 4.79 Å². The fourth-order valence-corrected chi connectivity index (χ4v) is 3.09. The Bertz CT molecular complexity index is 444. The first-order chi connectivity index (χ1) is 9.13. The summed E-state index contributed by atoms with van der Waals surface area (Å²) in [7, 11) is 2.15. The summed E-state index contributed by atoms with van der Waals surface area (Å²) in [5.41, 5.74) is 2.56. The van der Waals surface area contributed by atoms with Crippen molar-refractivity contribution >= 4 is 5.97 Å². The number of carboxylic acids is 1. The van der Waals surface area contributed by atoms with Gasteiger partial charge in [-0.3, -0.25) is 9.69 Å². The van der Waals surface area contributed by atoms with Crippen molar-refractivity contribution in [1.29, 1.82) is 0 Å². The lowest BCUT2D eigenvalue weighted by atomic mass is 9.98. The van der Waals surface area contributed by atoms with Crippen molar-refractivity contribution in [3.63, 3.8) is 0 Å². The van der Waals surface area contributed by atoms with Crippen LogP contribution in [0.25, 0.3) is 0 Å². The van der Waals surface area contributed by atoms with Gasteiger partial charge in [0.25, 0.3) is 0 Å². The molecule has 0 heterocycles. The van der Waals surface area contributed by atoms with Crippen molar-refractivity contribution in [2.24, 2.45) is 0 Å². The Morgan fingerprint density at radius 2 is 2.05 bits per heavy atom. The van der Waals surface area contributed by atoms with E-state index in [4.69, 9.17) is 5.11 Å². The SMILES string of the molecule is CCCCN(C)C1CC(CC(=O)O)c2ccccc21. The van der Waals surface area contributed by atoms with Gasteiger partial charge in [0.05, 0.1) is 6.42 Å². The van der Waals surface area contributed by atoms with Crippen molar-refractivity contribution in [3.05, 3.63) is 35.4 Å². The Hall–Kier alpha value is -1.35. The van der Waals surface area contributed by atoms with E-state index in [1.165, 1.54) is 24.0 Å². The minimum Gasteiger partial charge on any atom is -0.481 e. The summed E-state index contributed by atoms with van der Waals surface area (Å²) in [6, 6.07) is 8.71. The summed E-state index contributed by atoms with van der Waals surface area (Å²) in [5.74, 6) is -0.528. The number of aliphatic carboxylic acids is 1. The van der Waals surface area contributed by atoms with Gasteiger partial charge in [-0.2, -0.15) is 0 Å². The highest BCUT2D eigenvalue weighted by Gasteiger charge is 2.33. The lowest BCUT2D eigenvalue weighted by Gasteiger charge is -2.25. The number of rotatable bonds is 6. The Morgan fingerprint density at radius 3 is 2.68 bits per heavy atom. The molecule has 1 aliphatic rings. The molecule has 3 heteroatoms. The van der Waals surface area contributed by atoms with Crippen LogP contribution < -0.4 is 0 Å². The van der Waals surface area contributed by atoms with Crippen molar-refractivity contribution in [1.82, 2.24) is 4.90 Å². The highest BCUT2D eigenvalue weighted by molar-refractivity contribution is 5.68. The van der Waals surface area contributed by atoms with E-state index in [2.05, 4.69) is 37.1 Å². The van der Waals surface area contributed by atoms with Gasteiger partial charge in [-0.15, -0.1) is 0 Å². The minimum atomic E-state index is -0.698. The van der Waals surface area contributed by atoms with Crippen LogP contribution in [0.1, 0.15) is 55.7 Å². The van der Waals surface area contributed by atoms with Gasteiger partial charge in [-0.1, -0.05) is 37.6 Å². The first-order valence-corrected chi connectivity index (χ1v) is 7.14. The third-order valence-corrected chi connectivity index (χ3v) is 4.12. The van der Waals surface area contributed by atoms with Gasteiger partial charge in [0.1, 0.15) is 0 Å². The highest BCUT2D eigenvalue weighted by atomic mass is 16.4. The topological polar surface area (TPSA) is 40.5 Å². The second-order valence-corrected chi connectivity index (χ2v) is 5.51. The Kier molecular flexibility index (Phi) is 4.59. The number of carboxylic acid groups (broad SMARTS) is 1. The van der Waals surface area contributed by atoms with Crippen LogP contribution in [0.15, 0.2) is 24.3 Å². The number of unbranched alkanes of at least 4 members (excludes halogenated alkanes) is 1. The molecule has 104 valence electrons. The molecule has 2 atom stereocenters. The molecule has 0 fully saturated rings. The maximum atomic E-state index is 11.0. The summed E-state index contributed by atoms with van der Waals surface area (Å²) in [4.78, 5) is 13.4. The molecule has 1 aliphatic carbocycles. The Morgan fingerprint density at radius 1 is 1.37 bits per heavy atom. The van der Waals surface area contributed by atoms with Crippen molar-refractivity contribution in [2.75, 3.05) is 13.6 Å². The first kappa shape index (κ1) is 14.1. The summed E-state index contributed by atoms with van der Waals surface area (Å²) in [6.45, 7) is 3.28. The lowest BCUT2D eigenvalue weighted by Crippen LogP contribution is -2.24. The summed E-state index contributed by atoms with van der Waals surface area (Å²) >= 11 is 0. The average Bonchev–Trinajstić information content (AvgIpc) is 2.75. The smallest absolute Gasteiger partial charge is 0.303 e. The maximum absolute atomic E-state index is 11.0. The van der Waals surface area contributed by atoms with Crippen molar-refractivity contribution in [2.45, 2.75) is 44.6 Å². The normalized spacial score (nSPS) is 21.6. The molecule has 2 rings (SSSR count). The molecule has 0 saturated carbocycles. The molecule has 1 aromatic rings.